The average Bonchev–Trinajstić information content (AvgIpc) is 4.38. The van der Waals surface area contributed by atoms with Gasteiger partial charge in [0.25, 0.3) is 0 Å². The maximum Gasteiger partial charge on any atom is 0.222 e. The molecule has 0 bridgehead atoms. The number of phenolic OH excluding ortho intramolecular Hbond substituents is 1. The molecule has 0 amide bonds. The van der Waals surface area contributed by atoms with Gasteiger partial charge < -0.3 is 41.9 Å². The minimum absolute atomic E-state index is 0.0842. The summed E-state index contributed by atoms with van der Waals surface area (Å²) in [5.74, 6) is 3.94. The van der Waals surface area contributed by atoms with Crippen molar-refractivity contribution in [2.45, 2.75) is 37.4 Å². The van der Waals surface area contributed by atoms with E-state index in [1.165, 1.54) is 19.9 Å². The van der Waals surface area contributed by atoms with E-state index in [4.69, 9.17) is 37.0 Å². The Balaban J connectivity index is 0.000000123. The number of fused-ring (bicyclic) bond motifs is 5. The number of alkyl halides is 2. The molecule has 0 saturated heterocycles. The number of hydrogen-bond acceptors (Lipinski definition) is 17. The number of ether oxygens (including phenoxy) is 3. The van der Waals surface area contributed by atoms with Crippen LogP contribution < -0.4 is 14.2 Å². The van der Waals surface area contributed by atoms with Crippen molar-refractivity contribution in [3.63, 3.8) is 0 Å². The highest BCUT2D eigenvalue weighted by Crippen LogP contribution is 2.38. The Bertz CT molecular complexity index is 4050. The van der Waals surface area contributed by atoms with Gasteiger partial charge in [0.15, 0.2) is 39.8 Å². The molecule has 0 fully saturated rings. The number of aromatic hydroxyl groups is 1. The van der Waals surface area contributed by atoms with Crippen LogP contribution in [0, 0.1) is 0 Å². The first kappa shape index (κ1) is 54.6. The van der Waals surface area contributed by atoms with Gasteiger partial charge in [-0.3, -0.25) is 34.3 Å². The molecule has 0 saturated carbocycles. The van der Waals surface area contributed by atoms with Gasteiger partial charge in [-0.1, -0.05) is 61.8 Å². The van der Waals surface area contributed by atoms with Gasteiger partial charge in [0.2, 0.25) is 5.78 Å². The highest BCUT2D eigenvalue weighted by atomic mass is 79.9. The van der Waals surface area contributed by atoms with Crippen LogP contribution in [0.2, 0.25) is 0 Å². The molecule has 4 aromatic carbocycles. The number of benzene rings is 4. The van der Waals surface area contributed by atoms with E-state index < -0.39 is 3.74 Å². The lowest BCUT2D eigenvalue weighted by Gasteiger charge is -2.13. The number of rotatable bonds is 14. The number of carbonyl (C=O) groups is 3. The number of nitrogens with zero attached hydrogens (tertiary/aromatic N) is 5. The Morgan fingerprint density at radius 2 is 1.01 bits per heavy atom. The first-order valence-electron chi connectivity index (χ1n) is 24.8. The molecule has 0 radical (unpaired) electrons. The second-order valence-electron chi connectivity index (χ2n) is 17.9. The summed E-state index contributed by atoms with van der Waals surface area (Å²) in [5, 5.41) is 15.8. The number of ketones is 3. The molecule has 2 aliphatic heterocycles. The topological polar surface area (TPSA) is 206 Å². The Hall–Kier alpha value is -8.78. The zero-order valence-corrected chi connectivity index (χ0v) is 46.8. The van der Waals surface area contributed by atoms with Crippen molar-refractivity contribution >= 4 is 116 Å². The molecule has 9 heterocycles. The van der Waals surface area contributed by atoms with Crippen LogP contribution >= 0.6 is 43.6 Å². The zero-order valence-electron chi connectivity index (χ0n) is 42.8. The smallest absolute Gasteiger partial charge is 0.222 e. The van der Waals surface area contributed by atoms with Gasteiger partial charge in [0.05, 0.1) is 12.2 Å². The van der Waals surface area contributed by atoms with Crippen LogP contribution in [0.4, 0.5) is 0 Å². The van der Waals surface area contributed by atoms with Gasteiger partial charge in [-0.25, -0.2) is 0 Å². The highest BCUT2D eigenvalue weighted by molar-refractivity contribution is 9.25. The van der Waals surface area contributed by atoms with E-state index in [9.17, 15) is 14.4 Å². The van der Waals surface area contributed by atoms with Gasteiger partial charge in [0, 0.05) is 101 Å². The summed E-state index contributed by atoms with van der Waals surface area (Å²) in [5.41, 5.74) is 6.94. The van der Waals surface area contributed by atoms with Crippen molar-refractivity contribution in [3.05, 3.63) is 216 Å². The van der Waals surface area contributed by atoms with Gasteiger partial charge in [0.1, 0.15) is 68.9 Å². The number of aliphatic imine (C=N–C) groups is 1. The molecule has 0 aliphatic carbocycles. The van der Waals surface area contributed by atoms with E-state index in [1.807, 2.05) is 85.1 Å². The second kappa shape index (κ2) is 25.3. The Morgan fingerprint density at radius 1 is 0.575 bits per heavy atom. The number of furan rings is 4. The Morgan fingerprint density at radius 3 is 1.48 bits per heavy atom. The summed E-state index contributed by atoms with van der Waals surface area (Å²) in [6, 6.07) is 40.3. The quantitative estimate of drug-likeness (QED) is 0.0794. The maximum atomic E-state index is 11.9. The fourth-order valence-corrected chi connectivity index (χ4v) is 9.53. The minimum atomic E-state index is -0.457. The predicted octanol–water partition coefficient (Wildman–Crippen LogP) is 14.8. The van der Waals surface area contributed by atoms with Crippen molar-refractivity contribution in [2.24, 2.45) is 4.99 Å². The van der Waals surface area contributed by atoms with Crippen molar-refractivity contribution in [3.8, 4) is 23.0 Å². The fourth-order valence-electron chi connectivity index (χ4n) is 8.13. The van der Waals surface area contributed by atoms with Crippen molar-refractivity contribution in [1.29, 1.82) is 0 Å². The molecular weight excluding hydrogens is 1170 g/mol. The van der Waals surface area contributed by atoms with E-state index in [0.29, 0.717) is 59.6 Å². The zero-order chi connectivity index (χ0) is 55.5. The molecule has 402 valence electrons. The molecule has 2 aliphatic rings. The maximum absolute atomic E-state index is 11.9. The van der Waals surface area contributed by atoms with E-state index in [0.717, 1.165) is 85.0 Å². The number of hydrogen-bond donors (Lipinski definition) is 1. The molecule has 11 aromatic rings. The average molecular weight is 1220 g/mol. The first-order chi connectivity index (χ1) is 38.9. The molecule has 80 heavy (non-hydrogen) atoms. The fraction of sp³-hybridized carbons (Fsp3) is 0.131. The molecule has 1 N–H and O–H groups in total. The van der Waals surface area contributed by atoms with Gasteiger partial charge in [-0.05, 0) is 115 Å². The van der Waals surface area contributed by atoms with Crippen LogP contribution in [0.25, 0.3) is 49.6 Å². The van der Waals surface area contributed by atoms with Crippen molar-refractivity contribution in [1.82, 2.24) is 19.9 Å². The number of phenols is 1. The van der Waals surface area contributed by atoms with Gasteiger partial charge in [-0.15, -0.1) is 0 Å². The third-order valence-electron chi connectivity index (χ3n) is 12.1. The molecule has 0 atom stereocenters. The van der Waals surface area contributed by atoms with E-state index in [2.05, 4.69) is 68.2 Å². The molecular formula is C61H47Br2N5O11S. The highest BCUT2D eigenvalue weighted by Gasteiger charge is 2.29. The molecule has 0 spiro atoms. The third kappa shape index (κ3) is 13.7. The Labute approximate surface area is 478 Å². The number of pyridine rings is 3. The monoisotopic (exact) mass is 1220 g/mol. The largest absolute Gasteiger partial charge is 0.508 e. The number of carbonyl (C=O) groups excluding carboxylic acids is 3. The van der Waals surface area contributed by atoms with E-state index in [1.54, 1.807) is 85.2 Å². The lowest BCUT2D eigenvalue weighted by molar-refractivity contribution is 0.0981. The number of amidine groups is 1. The summed E-state index contributed by atoms with van der Waals surface area (Å²) < 4.78 is 39.1. The number of aromatic nitrogens is 3. The van der Waals surface area contributed by atoms with Crippen LogP contribution in [-0.4, -0.2) is 64.3 Å². The number of thioether (sulfide) groups is 1. The van der Waals surface area contributed by atoms with Gasteiger partial charge in [-0.2, -0.15) is 0 Å². The van der Waals surface area contributed by atoms with Crippen LogP contribution in [-0.2, 0) is 19.8 Å². The van der Waals surface area contributed by atoms with Crippen LogP contribution in [0.1, 0.15) is 68.0 Å². The summed E-state index contributed by atoms with van der Waals surface area (Å²) in [7, 11) is 0. The number of Topliss-reactive ketones (excluding diaryl/α,β-unsaturated/α-hetero) is 3. The molecule has 19 heteroatoms. The van der Waals surface area contributed by atoms with Crippen LogP contribution in [0.5, 0.6) is 23.0 Å². The first-order valence-corrected chi connectivity index (χ1v) is 27.5. The lowest BCUT2D eigenvalue weighted by atomic mass is 10.2. The third-order valence-corrected chi connectivity index (χ3v) is 13.8. The van der Waals surface area contributed by atoms with Crippen LogP contribution in [0.15, 0.2) is 199 Å². The summed E-state index contributed by atoms with van der Waals surface area (Å²) >= 11 is 8.01. The summed E-state index contributed by atoms with van der Waals surface area (Å²) in [6.07, 6.45) is 10.6. The molecule has 7 aromatic heterocycles. The molecule has 0 unspecified atom stereocenters. The Kier molecular flexibility index (Phi) is 17.3. The summed E-state index contributed by atoms with van der Waals surface area (Å²) in [6.45, 7) is 6.09. The second-order valence-corrected chi connectivity index (χ2v) is 21.8. The standard InChI is InChI=1S/C19H15N3O2S.C16H11Br2NO3.C16H13NO3.C10H8O3/c1-2-13(10-20-5-1)11-23-15-3-4-17-14(8-15)9-18(24-17)16-12-25-19-21-6-7-22(16)19;17-16(18)15(20)14-7-11-6-12(3-4-13(11)22-14)21-9-10-2-1-5-19-8-10;1-11(18)16-8-13-7-14(4-5-15(13)20-16)19-10-12-3-2-6-17-9-12;1-6(11)10-5-7-4-8(12)2-3-9(7)13-10/h1-5,8-10,12H,6-7,11H2;1-8,16H,9H2;2-9H,10H2,1H3;2-5,12H,1H3. The van der Waals surface area contributed by atoms with E-state index >= 15 is 0 Å². The predicted molar refractivity (Wildman–Crippen MR) is 313 cm³/mol. The normalized spacial score (nSPS) is 12.4. The van der Waals surface area contributed by atoms with Crippen LogP contribution in [0.3, 0.4) is 0 Å². The molecule has 16 nitrogen and oxygen atoms in total. The summed E-state index contributed by atoms with van der Waals surface area (Å²) in [4.78, 5) is 53.0. The minimum Gasteiger partial charge on any atom is -0.508 e. The molecule has 13 rings (SSSR count). The van der Waals surface area contributed by atoms with E-state index in [-0.39, 0.29) is 23.1 Å². The van der Waals surface area contributed by atoms with Crippen molar-refractivity contribution in [2.75, 3.05) is 13.1 Å². The number of halogens is 2. The van der Waals surface area contributed by atoms with Gasteiger partial charge >= 0.3 is 0 Å². The SMILES string of the molecule is C1=C(c2cc3cc(OCc4cccnc4)ccc3o2)N2CCN=C2S1.CC(=O)c1cc2cc(O)ccc2o1.CC(=O)c1cc2cc(OCc3cccnc3)ccc2o1.O=C(c1cc2cc(OCc3cccnc3)ccc2o1)C(Br)Br. The lowest BCUT2D eigenvalue weighted by Crippen LogP contribution is -2.19. The van der Waals surface area contributed by atoms with Crippen molar-refractivity contribution < 1.29 is 51.4 Å².